The number of rotatable bonds is 3. The molecule has 2 aromatic rings. The van der Waals surface area contributed by atoms with E-state index in [1.165, 1.54) is 15.3 Å². The van der Waals surface area contributed by atoms with Gasteiger partial charge in [0.05, 0.1) is 11.5 Å². The Kier molecular flexibility index (Phi) is 4.24. The van der Waals surface area contributed by atoms with Gasteiger partial charge in [0.15, 0.2) is 9.84 Å². The third kappa shape index (κ3) is 3.16. The van der Waals surface area contributed by atoms with Crippen molar-refractivity contribution in [1.82, 2.24) is 9.80 Å². The van der Waals surface area contributed by atoms with Crippen LogP contribution in [0.4, 0.5) is 0 Å². The normalized spacial score (nSPS) is 27.2. The average molecular weight is 363 g/mol. The second-order valence-corrected chi connectivity index (χ2v) is 10.1. The zero-order valence-electron chi connectivity index (χ0n) is 13.8. The first kappa shape index (κ1) is 16.3. The Labute approximate surface area is 147 Å². The second kappa shape index (κ2) is 6.26. The number of hydrogen-bond donors (Lipinski definition) is 0. The van der Waals surface area contributed by atoms with Crippen molar-refractivity contribution >= 4 is 21.2 Å². The van der Waals surface area contributed by atoms with E-state index in [0.29, 0.717) is 11.5 Å². The van der Waals surface area contributed by atoms with Crippen molar-refractivity contribution in [3.05, 3.63) is 47.3 Å². The molecular formula is C18H22N2O2S2. The van der Waals surface area contributed by atoms with Crippen molar-refractivity contribution in [2.45, 2.75) is 18.6 Å². The van der Waals surface area contributed by atoms with Crippen LogP contribution in [0.5, 0.6) is 0 Å². The first-order valence-corrected chi connectivity index (χ1v) is 10.9. The first-order valence-electron chi connectivity index (χ1n) is 8.31. The Hall–Kier alpha value is -1.21. The molecule has 2 atom stereocenters. The van der Waals surface area contributed by atoms with Crippen molar-refractivity contribution in [3.63, 3.8) is 0 Å². The van der Waals surface area contributed by atoms with Crippen molar-refractivity contribution in [2.75, 3.05) is 31.6 Å². The maximum absolute atomic E-state index is 12.1. The summed E-state index contributed by atoms with van der Waals surface area (Å²) in [5.41, 5.74) is 1.24. The molecule has 128 valence electrons. The summed E-state index contributed by atoms with van der Waals surface area (Å²) >= 11 is 1.81. The van der Waals surface area contributed by atoms with Gasteiger partial charge in [-0.3, -0.25) is 9.80 Å². The van der Waals surface area contributed by atoms with Crippen molar-refractivity contribution in [2.24, 2.45) is 0 Å². The van der Waals surface area contributed by atoms with Gasteiger partial charge in [0.2, 0.25) is 0 Å². The number of benzene rings is 1. The van der Waals surface area contributed by atoms with Gasteiger partial charge in [-0.25, -0.2) is 8.42 Å². The molecule has 2 aliphatic heterocycles. The molecule has 0 N–H and O–H groups in total. The maximum Gasteiger partial charge on any atom is 0.153 e. The van der Waals surface area contributed by atoms with Crippen LogP contribution in [0.15, 0.2) is 42.5 Å². The summed E-state index contributed by atoms with van der Waals surface area (Å²) in [6.07, 6.45) is 0. The molecule has 0 radical (unpaired) electrons. The molecule has 4 nitrogen and oxygen atoms in total. The standard InChI is InChI=1S/C18H22N2O2S2/c1-19-9-10-20(17-13-24(21,22)12-16(17)19)11-15-7-8-18(23-15)14-5-3-2-4-6-14/h2-8,16-17H,9-13H2,1H3/t16-,17+/m1/s1. The summed E-state index contributed by atoms with van der Waals surface area (Å²) in [4.78, 5) is 7.17. The molecule has 2 fully saturated rings. The van der Waals surface area contributed by atoms with Gasteiger partial charge in [-0.1, -0.05) is 30.3 Å². The van der Waals surface area contributed by atoms with Gasteiger partial charge in [-0.2, -0.15) is 0 Å². The highest BCUT2D eigenvalue weighted by Gasteiger charge is 2.45. The molecule has 2 aliphatic rings. The van der Waals surface area contributed by atoms with Crippen molar-refractivity contribution in [3.8, 4) is 10.4 Å². The van der Waals surface area contributed by atoms with Gasteiger partial charge in [-0.05, 0) is 24.7 Å². The zero-order chi connectivity index (χ0) is 16.7. The lowest BCUT2D eigenvalue weighted by Crippen LogP contribution is -2.57. The fraction of sp³-hybridized carbons (Fsp3) is 0.444. The molecule has 0 aliphatic carbocycles. The van der Waals surface area contributed by atoms with Gasteiger partial charge in [-0.15, -0.1) is 11.3 Å². The topological polar surface area (TPSA) is 40.6 Å². The van der Waals surface area contributed by atoms with E-state index in [-0.39, 0.29) is 12.1 Å². The van der Waals surface area contributed by atoms with Crippen LogP contribution in [-0.2, 0) is 16.4 Å². The number of hydrogen-bond acceptors (Lipinski definition) is 5. The molecule has 0 spiro atoms. The Balaban J connectivity index is 1.52. The zero-order valence-corrected chi connectivity index (χ0v) is 15.4. The Bertz CT molecular complexity index is 817. The number of sulfone groups is 1. The summed E-state index contributed by atoms with van der Waals surface area (Å²) in [5, 5.41) is 0. The minimum absolute atomic E-state index is 0.135. The summed E-state index contributed by atoms with van der Waals surface area (Å²) in [6.45, 7) is 2.72. The first-order chi connectivity index (χ1) is 11.5. The van der Waals surface area contributed by atoms with E-state index in [2.05, 4.69) is 53.2 Å². The molecule has 24 heavy (non-hydrogen) atoms. The summed E-state index contributed by atoms with van der Waals surface area (Å²) in [6, 6.07) is 15.1. The van der Waals surface area contributed by atoms with Crippen LogP contribution in [-0.4, -0.2) is 61.9 Å². The van der Waals surface area contributed by atoms with Crippen LogP contribution >= 0.6 is 11.3 Å². The molecule has 2 saturated heterocycles. The Morgan fingerprint density at radius 2 is 1.79 bits per heavy atom. The maximum atomic E-state index is 12.1. The van der Waals surface area contributed by atoms with E-state index < -0.39 is 9.84 Å². The lowest BCUT2D eigenvalue weighted by Gasteiger charge is -2.42. The minimum atomic E-state index is -2.90. The lowest BCUT2D eigenvalue weighted by molar-refractivity contribution is 0.0580. The molecule has 4 rings (SSSR count). The van der Waals surface area contributed by atoms with E-state index in [9.17, 15) is 8.42 Å². The molecule has 1 aromatic heterocycles. The highest BCUT2D eigenvalue weighted by molar-refractivity contribution is 7.91. The molecule has 0 saturated carbocycles. The number of nitrogens with zero attached hydrogens (tertiary/aromatic N) is 2. The largest absolute Gasteiger partial charge is 0.300 e. The quantitative estimate of drug-likeness (QED) is 0.840. The van der Waals surface area contributed by atoms with Crippen molar-refractivity contribution in [1.29, 1.82) is 0 Å². The van der Waals surface area contributed by atoms with E-state index >= 15 is 0 Å². The average Bonchev–Trinajstić information content (AvgIpc) is 3.15. The van der Waals surface area contributed by atoms with Crippen LogP contribution in [0.1, 0.15) is 4.88 Å². The van der Waals surface area contributed by atoms with E-state index in [0.717, 1.165) is 19.6 Å². The number of piperazine rings is 1. The Morgan fingerprint density at radius 1 is 1.04 bits per heavy atom. The fourth-order valence-electron chi connectivity index (χ4n) is 3.82. The highest BCUT2D eigenvalue weighted by atomic mass is 32.2. The molecule has 0 unspecified atom stereocenters. The Morgan fingerprint density at radius 3 is 2.58 bits per heavy atom. The monoisotopic (exact) mass is 362 g/mol. The number of thiophene rings is 1. The molecule has 6 heteroatoms. The van der Waals surface area contributed by atoms with Crippen LogP contribution in [0.2, 0.25) is 0 Å². The van der Waals surface area contributed by atoms with Gasteiger partial charge < -0.3 is 0 Å². The SMILES string of the molecule is CN1CCN(Cc2ccc(-c3ccccc3)s2)[C@H]2CS(=O)(=O)C[C@H]21. The number of likely N-dealkylation sites (N-methyl/N-ethyl adjacent to an activating group) is 1. The molecule has 3 heterocycles. The third-order valence-corrected chi connectivity index (χ3v) is 7.97. The van der Waals surface area contributed by atoms with E-state index in [1.807, 2.05) is 17.4 Å². The number of fused-ring (bicyclic) bond motifs is 1. The van der Waals surface area contributed by atoms with Crippen LogP contribution in [0, 0.1) is 0 Å². The predicted octanol–water partition coefficient (Wildman–Crippen LogP) is 2.33. The van der Waals surface area contributed by atoms with Gasteiger partial charge in [0.25, 0.3) is 0 Å². The predicted molar refractivity (Wildman–Crippen MR) is 99.0 cm³/mol. The van der Waals surface area contributed by atoms with Gasteiger partial charge >= 0.3 is 0 Å². The van der Waals surface area contributed by atoms with E-state index in [1.54, 1.807) is 0 Å². The summed E-state index contributed by atoms with van der Waals surface area (Å²) < 4.78 is 24.2. The lowest BCUT2D eigenvalue weighted by atomic mass is 10.1. The highest BCUT2D eigenvalue weighted by Crippen LogP contribution is 2.31. The molecule has 0 bridgehead atoms. The summed E-state index contributed by atoms with van der Waals surface area (Å²) in [7, 11) is -0.855. The smallest absolute Gasteiger partial charge is 0.153 e. The molecular weight excluding hydrogens is 340 g/mol. The van der Waals surface area contributed by atoms with Crippen LogP contribution in [0.3, 0.4) is 0 Å². The fourth-order valence-corrected chi connectivity index (χ4v) is 6.94. The van der Waals surface area contributed by atoms with Crippen LogP contribution < -0.4 is 0 Å². The van der Waals surface area contributed by atoms with Crippen molar-refractivity contribution < 1.29 is 8.42 Å². The third-order valence-electron chi connectivity index (χ3n) is 5.15. The van der Waals surface area contributed by atoms with Gasteiger partial charge in [0, 0.05) is 41.5 Å². The van der Waals surface area contributed by atoms with E-state index in [4.69, 9.17) is 0 Å². The molecule has 1 aromatic carbocycles. The second-order valence-electron chi connectivity index (χ2n) is 6.79. The van der Waals surface area contributed by atoms with Crippen LogP contribution in [0.25, 0.3) is 10.4 Å². The summed E-state index contributed by atoms with van der Waals surface area (Å²) in [5.74, 6) is 0.614. The minimum Gasteiger partial charge on any atom is -0.300 e. The van der Waals surface area contributed by atoms with Gasteiger partial charge in [0.1, 0.15) is 0 Å². The molecule has 0 amide bonds.